The molecule has 0 unspecified atom stereocenters. The van der Waals surface area contributed by atoms with Gasteiger partial charge >= 0.3 is 6.85 Å². The van der Waals surface area contributed by atoms with Gasteiger partial charge in [0.15, 0.2) is 0 Å². The highest BCUT2D eigenvalue weighted by Gasteiger charge is 2.46. The van der Waals surface area contributed by atoms with E-state index >= 15 is 0 Å². The summed E-state index contributed by atoms with van der Waals surface area (Å²) in [6.45, 7) is 18.7. The average Bonchev–Trinajstić information content (AvgIpc) is 4.04. The lowest BCUT2D eigenvalue weighted by atomic mass is 9.44. The second kappa shape index (κ2) is 12.9. The van der Waals surface area contributed by atoms with E-state index in [0.29, 0.717) is 0 Å². The number of nitrogens with zero attached hydrogens (tertiary/aromatic N) is 3. The molecule has 318 valence electrons. The number of fused-ring (bicyclic) bond motifs is 15. The first kappa shape index (κ1) is 38.8. The standard InChI is InChI=1S/C60H48BN3S2/c1-58(2,3)34-18-21-36(22-19-34)64-50-28-41-37-23-20-35(59(4,5)6)26-45(37)60(7,8)46(41)27-42(50)39-24-25-40-43-30-53-44(38-16-12-13-17-52(38)65-53)29-49(43)63-51-32-54-48(31-47(51)61(64)55(39)56(40)63)62-57(66-54)33-14-10-9-11-15-33/h9-32H,1-8H3. The maximum Gasteiger partial charge on any atom is 0.333 e. The van der Waals surface area contributed by atoms with E-state index in [-0.39, 0.29) is 23.1 Å². The van der Waals surface area contributed by atoms with Crippen LogP contribution in [0.5, 0.6) is 0 Å². The molecule has 3 aliphatic rings. The maximum atomic E-state index is 5.41. The monoisotopic (exact) mass is 885 g/mol. The minimum Gasteiger partial charge on any atom is -0.376 e. The predicted molar refractivity (Wildman–Crippen MR) is 286 cm³/mol. The van der Waals surface area contributed by atoms with Crippen LogP contribution in [0.3, 0.4) is 0 Å². The van der Waals surface area contributed by atoms with Gasteiger partial charge in [-0.2, -0.15) is 0 Å². The minimum atomic E-state index is -0.166. The maximum absolute atomic E-state index is 5.41. The SMILES string of the molecule is CC(C)(C)c1ccc(N2B3c4cc5nc(-c6ccccc6)sc5cc4-n4c5cc6c(cc5c5ccc(c3c54)-c3cc4c(cc32)-c2ccc(C(C)(C)C)cc2C4(C)C)sc2ccccc26)cc1. The fraction of sp³-hybridized carbons (Fsp3) is 0.183. The summed E-state index contributed by atoms with van der Waals surface area (Å²) >= 11 is 3.70. The molecule has 6 heteroatoms. The van der Waals surface area contributed by atoms with Gasteiger partial charge in [0.1, 0.15) is 5.01 Å². The largest absolute Gasteiger partial charge is 0.376 e. The topological polar surface area (TPSA) is 21.1 Å². The molecule has 0 N–H and O–H groups in total. The van der Waals surface area contributed by atoms with Gasteiger partial charge in [0.05, 0.1) is 21.3 Å². The van der Waals surface area contributed by atoms with Crippen molar-refractivity contribution in [3.63, 3.8) is 0 Å². The molecule has 5 heterocycles. The van der Waals surface area contributed by atoms with Gasteiger partial charge in [0.2, 0.25) is 0 Å². The molecule has 3 aromatic heterocycles. The Labute approximate surface area is 394 Å². The number of rotatable bonds is 2. The van der Waals surface area contributed by atoms with Crippen LogP contribution in [0.2, 0.25) is 0 Å². The van der Waals surface area contributed by atoms with Crippen molar-refractivity contribution in [1.82, 2.24) is 9.55 Å². The van der Waals surface area contributed by atoms with Crippen LogP contribution in [0.15, 0.2) is 146 Å². The molecule has 8 aromatic carbocycles. The van der Waals surface area contributed by atoms with Crippen molar-refractivity contribution in [3.05, 3.63) is 168 Å². The van der Waals surface area contributed by atoms with Crippen molar-refractivity contribution in [2.24, 2.45) is 0 Å². The Hall–Kier alpha value is -6.47. The Morgan fingerprint density at radius 1 is 0.530 bits per heavy atom. The van der Waals surface area contributed by atoms with Crippen molar-refractivity contribution in [2.75, 3.05) is 4.81 Å². The van der Waals surface area contributed by atoms with Crippen molar-refractivity contribution < 1.29 is 0 Å². The first-order valence-corrected chi connectivity index (χ1v) is 25.0. The summed E-state index contributed by atoms with van der Waals surface area (Å²) in [6, 6.07) is 56.2. The van der Waals surface area contributed by atoms with Crippen LogP contribution in [0.25, 0.3) is 90.7 Å². The summed E-state index contributed by atoms with van der Waals surface area (Å²) in [5.41, 5.74) is 21.9. The number of benzene rings is 8. The molecule has 0 radical (unpaired) electrons. The lowest BCUT2D eigenvalue weighted by Gasteiger charge is -2.42. The summed E-state index contributed by atoms with van der Waals surface area (Å²) in [6.07, 6.45) is 0. The average molecular weight is 886 g/mol. The van der Waals surface area contributed by atoms with E-state index in [9.17, 15) is 0 Å². The van der Waals surface area contributed by atoms with Crippen LogP contribution in [0, 0.1) is 0 Å². The lowest BCUT2D eigenvalue weighted by Crippen LogP contribution is -2.60. The van der Waals surface area contributed by atoms with E-state index in [0.717, 1.165) is 16.1 Å². The van der Waals surface area contributed by atoms with Gasteiger partial charge < -0.3 is 9.38 Å². The molecule has 14 rings (SSSR count). The Balaban J connectivity index is 1.12. The molecule has 0 saturated heterocycles. The summed E-state index contributed by atoms with van der Waals surface area (Å²) in [7, 11) is 0. The molecule has 2 aliphatic heterocycles. The zero-order valence-corrected chi connectivity index (χ0v) is 40.2. The molecule has 11 aromatic rings. The number of aromatic nitrogens is 2. The number of hydrogen-bond donors (Lipinski definition) is 0. The van der Waals surface area contributed by atoms with Gasteiger partial charge in [0.25, 0.3) is 0 Å². The summed E-state index contributed by atoms with van der Waals surface area (Å²) in [5.74, 6) is 0. The third kappa shape index (κ3) is 5.17. The highest BCUT2D eigenvalue weighted by atomic mass is 32.1. The fourth-order valence-corrected chi connectivity index (χ4v) is 13.9. The molecule has 0 saturated carbocycles. The van der Waals surface area contributed by atoms with E-state index in [1.807, 2.05) is 11.3 Å². The van der Waals surface area contributed by atoms with Crippen LogP contribution in [-0.2, 0) is 16.2 Å². The van der Waals surface area contributed by atoms with Crippen molar-refractivity contribution >= 4 is 104 Å². The molecule has 66 heavy (non-hydrogen) atoms. The second-order valence-electron chi connectivity index (χ2n) is 21.6. The summed E-state index contributed by atoms with van der Waals surface area (Å²) in [4.78, 5) is 8.10. The molecule has 0 bridgehead atoms. The van der Waals surface area contributed by atoms with Gasteiger partial charge in [-0.25, -0.2) is 4.98 Å². The summed E-state index contributed by atoms with van der Waals surface area (Å²) < 4.78 is 6.50. The smallest absolute Gasteiger partial charge is 0.333 e. The van der Waals surface area contributed by atoms with E-state index in [2.05, 4.69) is 210 Å². The first-order chi connectivity index (χ1) is 31.7. The van der Waals surface area contributed by atoms with E-state index in [4.69, 9.17) is 4.98 Å². The zero-order valence-electron chi connectivity index (χ0n) is 38.6. The van der Waals surface area contributed by atoms with E-state index in [1.54, 1.807) is 11.3 Å². The Morgan fingerprint density at radius 3 is 2.05 bits per heavy atom. The van der Waals surface area contributed by atoms with Crippen molar-refractivity contribution in [3.8, 4) is 38.5 Å². The highest BCUT2D eigenvalue weighted by molar-refractivity contribution is 7.26. The van der Waals surface area contributed by atoms with E-state index in [1.165, 1.54) is 119 Å². The van der Waals surface area contributed by atoms with Gasteiger partial charge in [-0.15, -0.1) is 22.7 Å². The van der Waals surface area contributed by atoms with Crippen LogP contribution in [0.1, 0.15) is 77.6 Å². The van der Waals surface area contributed by atoms with Gasteiger partial charge in [0, 0.05) is 64.5 Å². The Morgan fingerprint density at radius 2 is 1.26 bits per heavy atom. The third-order valence-electron chi connectivity index (χ3n) is 15.3. The van der Waals surface area contributed by atoms with Crippen LogP contribution in [-0.4, -0.2) is 16.4 Å². The molecule has 0 spiro atoms. The van der Waals surface area contributed by atoms with Gasteiger partial charge in [-0.05, 0) is 115 Å². The molecule has 0 amide bonds. The Bertz CT molecular complexity index is 3930. The van der Waals surface area contributed by atoms with Crippen molar-refractivity contribution in [1.29, 1.82) is 0 Å². The number of thiophene rings is 1. The van der Waals surface area contributed by atoms with Crippen molar-refractivity contribution in [2.45, 2.75) is 71.6 Å². The molecular weight excluding hydrogens is 838 g/mol. The minimum absolute atomic E-state index is 0.0310. The molecule has 3 nitrogen and oxygen atoms in total. The number of hydrogen-bond acceptors (Lipinski definition) is 4. The van der Waals surface area contributed by atoms with E-state index < -0.39 is 0 Å². The second-order valence-corrected chi connectivity index (χ2v) is 23.7. The summed E-state index contributed by atoms with van der Waals surface area (Å²) in [5, 5.41) is 6.31. The number of anilines is 2. The highest BCUT2D eigenvalue weighted by Crippen LogP contribution is 2.55. The first-order valence-electron chi connectivity index (χ1n) is 23.4. The zero-order chi connectivity index (χ0) is 44.8. The van der Waals surface area contributed by atoms with Crippen LogP contribution >= 0.6 is 22.7 Å². The lowest BCUT2D eigenvalue weighted by molar-refractivity contribution is 0.584. The quantitative estimate of drug-likeness (QED) is 0.161. The molecular formula is C60H48BN3S2. The van der Waals surface area contributed by atoms with Gasteiger partial charge in [-0.1, -0.05) is 146 Å². The third-order valence-corrected chi connectivity index (χ3v) is 17.5. The molecule has 0 atom stereocenters. The fourth-order valence-electron chi connectivity index (χ4n) is 11.8. The van der Waals surface area contributed by atoms with Crippen LogP contribution in [0.4, 0.5) is 11.4 Å². The van der Waals surface area contributed by atoms with Crippen LogP contribution < -0.4 is 15.7 Å². The predicted octanol–water partition coefficient (Wildman–Crippen LogP) is 15.6. The number of thiazole rings is 1. The van der Waals surface area contributed by atoms with Gasteiger partial charge in [-0.3, -0.25) is 0 Å². The molecule has 0 fully saturated rings. The molecule has 1 aliphatic carbocycles. The Kier molecular flexibility index (Phi) is 7.58. The normalized spacial score (nSPS) is 14.7.